The minimum Gasteiger partial charge on any atom is -0.496 e. The molecule has 0 saturated carbocycles. The van der Waals surface area contributed by atoms with Gasteiger partial charge in [-0.1, -0.05) is 0 Å². The van der Waals surface area contributed by atoms with Crippen molar-refractivity contribution >= 4 is 5.69 Å². The summed E-state index contributed by atoms with van der Waals surface area (Å²) in [5.74, 6) is 1.45. The van der Waals surface area contributed by atoms with Gasteiger partial charge in [0.2, 0.25) is 0 Å². The lowest BCUT2D eigenvalue weighted by molar-refractivity contribution is 0.415. The predicted molar refractivity (Wildman–Crippen MR) is 81.2 cm³/mol. The fourth-order valence-corrected chi connectivity index (χ4v) is 2.23. The van der Waals surface area contributed by atoms with Crippen molar-refractivity contribution in [2.45, 2.75) is 6.54 Å². The molecular formula is C16H17N3O2. The molecule has 2 heterocycles. The van der Waals surface area contributed by atoms with Gasteiger partial charge < -0.3 is 19.0 Å². The maximum atomic E-state index is 5.44. The third kappa shape index (κ3) is 2.76. The second-order valence-corrected chi connectivity index (χ2v) is 4.74. The highest BCUT2D eigenvalue weighted by Crippen LogP contribution is 2.32. The van der Waals surface area contributed by atoms with E-state index in [4.69, 9.17) is 9.15 Å². The molecule has 108 valence electrons. The summed E-state index contributed by atoms with van der Waals surface area (Å²) in [4.78, 5) is 3.94. The van der Waals surface area contributed by atoms with Gasteiger partial charge in [-0.2, -0.15) is 0 Å². The van der Waals surface area contributed by atoms with Crippen LogP contribution in [0.5, 0.6) is 5.75 Å². The first kappa shape index (κ1) is 13.3. The first-order valence-corrected chi connectivity index (χ1v) is 6.69. The van der Waals surface area contributed by atoms with Crippen molar-refractivity contribution in [2.75, 3.05) is 12.4 Å². The number of hydrogen-bond acceptors (Lipinski definition) is 4. The quantitative estimate of drug-likeness (QED) is 0.780. The van der Waals surface area contributed by atoms with Crippen LogP contribution in [-0.2, 0) is 13.6 Å². The standard InChI is InChI=1S/C16H17N3O2/c1-19-7-3-4-13(19)9-18-12-5-6-14(15(8-12)20-2)16-10-17-11-21-16/h3-8,10-11,18H,9H2,1-2H3. The third-order valence-electron chi connectivity index (χ3n) is 3.42. The van der Waals surface area contributed by atoms with Crippen molar-refractivity contribution in [1.82, 2.24) is 9.55 Å². The number of nitrogens with zero attached hydrogens (tertiary/aromatic N) is 2. The molecule has 21 heavy (non-hydrogen) atoms. The molecule has 0 fully saturated rings. The van der Waals surface area contributed by atoms with Crippen molar-refractivity contribution in [2.24, 2.45) is 7.05 Å². The Balaban J connectivity index is 1.80. The Morgan fingerprint density at radius 3 is 2.90 bits per heavy atom. The lowest BCUT2D eigenvalue weighted by atomic mass is 10.1. The van der Waals surface area contributed by atoms with E-state index in [1.807, 2.05) is 37.5 Å². The smallest absolute Gasteiger partial charge is 0.181 e. The Labute approximate surface area is 123 Å². The van der Waals surface area contributed by atoms with Crippen molar-refractivity contribution in [1.29, 1.82) is 0 Å². The first-order valence-electron chi connectivity index (χ1n) is 6.69. The number of rotatable bonds is 5. The molecule has 5 heteroatoms. The number of methoxy groups -OCH3 is 1. The van der Waals surface area contributed by atoms with Crippen LogP contribution in [-0.4, -0.2) is 16.7 Å². The van der Waals surface area contributed by atoms with Crippen LogP contribution in [0.3, 0.4) is 0 Å². The highest BCUT2D eigenvalue weighted by molar-refractivity contribution is 5.69. The summed E-state index contributed by atoms with van der Waals surface area (Å²) in [6, 6.07) is 10.1. The molecule has 0 unspecified atom stereocenters. The minimum atomic E-state index is 0.695. The topological polar surface area (TPSA) is 52.2 Å². The monoisotopic (exact) mass is 283 g/mol. The SMILES string of the molecule is COc1cc(NCc2cccn2C)ccc1-c1cnco1. The number of oxazole rings is 1. The van der Waals surface area contributed by atoms with Crippen LogP contribution in [0.2, 0.25) is 0 Å². The van der Waals surface area contributed by atoms with E-state index in [9.17, 15) is 0 Å². The van der Waals surface area contributed by atoms with E-state index >= 15 is 0 Å². The Morgan fingerprint density at radius 2 is 2.24 bits per heavy atom. The summed E-state index contributed by atoms with van der Waals surface area (Å²) in [7, 11) is 3.68. The third-order valence-corrected chi connectivity index (χ3v) is 3.42. The molecule has 0 bridgehead atoms. The minimum absolute atomic E-state index is 0.695. The number of aromatic nitrogens is 2. The van der Waals surface area contributed by atoms with Gasteiger partial charge in [-0.25, -0.2) is 4.98 Å². The molecule has 0 spiro atoms. The van der Waals surface area contributed by atoms with Crippen LogP contribution in [0.25, 0.3) is 11.3 Å². The first-order chi connectivity index (χ1) is 10.3. The molecule has 3 aromatic rings. The lowest BCUT2D eigenvalue weighted by Gasteiger charge is -2.11. The summed E-state index contributed by atoms with van der Waals surface area (Å²) in [5, 5.41) is 3.39. The number of hydrogen-bond donors (Lipinski definition) is 1. The molecule has 0 radical (unpaired) electrons. The van der Waals surface area contributed by atoms with E-state index < -0.39 is 0 Å². The van der Waals surface area contributed by atoms with Crippen LogP contribution >= 0.6 is 0 Å². The number of ether oxygens (including phenoxy) is 1. The van der Waals surface area contributed by atoms with E-state index in [1.54, 1.807) is 13.3 Å². The molecule has 1 N–H and O–H groups in total. The molecule has 0 aliphatic rings. The van der Waals surface area contributed by atoms with Gasteiger partial charge >= 0.3 is 0 Å². The zero-order valence-electron chi connectivity index (χ0n) is 12.0. The molecule has 0 aliphatic carbocycles. The number of nitrogens with one attached hydrogen (secondary N) is 1. The largest absolute Gasteiger partial charge is 0.496 e. The van der Waals surface area contributed by atoms with Crippen LogP contribution < -0.4 is 10.1 Å². The van der Waals surface area contributed by atoms with Gasteiger partial charge in [0.05, 0.1) is 25.4 Å². The van der Waals surface area contributed by atoms with Crippen molar-refractivity contribution < 1.29 is 9.15 Å². The molecule has 2 aromatic heterocycles. The Morgan fingerprint density at radius 1 is 1.33 bits per heavy atom. The fraction of sp³-hybridized carbons (Fsp3) is 0.188. The van der Waals surface area contributed by atoms with Gasteiger partial charge in [-0.3, -0.25) is 0 Å². The summed E-state index contributed by atoms with van der Waals surface area (Å²) in [6.07, 6.45) is 5.12. The normalized spacial score (nSPS) is 10.6. The summed E-state index contributed by atoms with van der Waals surface area (Å²) in [5.41, 5.74) is 3.10. The molecule has 5 nitrogen and oxygen atoms in total. The van der Waals surface area contributed by atoms with Crippen molar-refractivity contribution in [3.63, 3.8) is 0 Å². The van der Waals surface area contributed by atoms with Gasteiger partial charge in [0, 0.05) is 30.7 Å². The Bertz CT molecular complexity index is 717. The van der Waals surface area contributed by atoms with Gasteiger partial charge in [-0.15, -0.1) is 0 Å². The second-order valence-electron chi connectivity index (χ2n) is 4.74. The summed E-state index contributed by atoms with van der Waals surface area (Å²) < 4.78 is 12.8. The average Bonchev–Trinajstić information content (AvgIpc) is 3.16. The van der Waals surface area contributed by atoms with Gasteiger partial charge in [-0.05, 0) is 24.3 Å². The maximum Gasteiger partial charge on any atom is 0.181 e. The van der Waals surface area contributed by atoms with Crippen molar-refractivity contribution in [3.05, 3.63) is 54.8 Å². The van der Waals surface area contributed by atoms with Gasteiger partial charge in [0.25, 0.3) is 0 Å². The number of aryl methyl sites for hydroxylation is 1. The molecular weight excluding hydrogens is 266 g/mol. The van der Waals surface area contributed by atoms with Crippen LogP contribution in [0, 0.1) is 0 Å². The molecule has 3 rings (SSSR count). The number of benzene rings is 1. The molecule has 0 aliphatic heterocycles. The van der Waals surface area contributed by atoms with E-state index in [0.717, 1.165) is 23.5 Å². The highest BCUT2D eigenvalue weighted by Gasteiger charge is 2.10. The van der Waals surface area contributed by atoms with Crippen molar-refractivity contribution in [3.8, 4) is 17.1 Å². The lowest BCUT2D eigenvalue weighted by Crippen LogP contribution is -2.04. The van der Waals surface area contributed by atoms with Crippen LogP contribution in [0.15, 0.2) is 53.5 Å². The maximum absolute atomic E-state index is 5.44. The predicted octanol–water partition coefficient (Wildman–Crippen LogP) is 3.30. The van der Waals surface area contributed by atoms with Crippen LogP contribution in [0.1, 0.15) is 5.69 Å². The zero-order valence-corrected chi connectivity index (χ0v) is 12.0. The van der Waals surface area contributed by atoms with E-state index in [0.29, 0.717) is 5.76 Å². The highest BCUT2D eigenvalue weighted by atomic mass is 16.5. The molecule has 1 aromatic carbocycles. The zero-order chi connectivity index (χ0) is 14.7. The van der Waals surface area contributed by atoms with E-state index in [-0.39, 0.29) is 0 Å². The second kappa shape index (κ2) is 5.75. The fourth-order valence-electron chi connectivity index (χ4n) is 2.23. The van der Waals surface area contributed by atoms with Crippen LogP contribution in [0.4, 0.5) is 5.69 Å². The summed E-state index contributed by atoms with van der Waals surface area (Å²) in [6.45, 7) is 0.758. The Hall–Kier alpha value is -2.69. The molecule has 0 saturated heterocycles. The Kier molecular flexibility index (Phi) is 3.64. The van der Waals surface area contributed by atoms with Gasteiger partial charge in [0.15, 0.2) is 12.2 Å². The average molecular weight is 283 g/mol. The summed E-state index contributed by atoms with van der Waals surface area (Å²) >= 11 is 0. The van der Waals surface area contributed by atoms with E-state index in [2.05, 4.69) is 20.9 Å². The molecule has 0 atom stereocenters. The number of anilines is 1. The van der Waals surface area contributed by atoms with E-state index in [1.165, 1.54) is 12.1 Å². The molecule has 0 amide bonds. The van der Waals surface area contributed by atoms with Gasteiger partial charge in [0.1, 0.15) is 5.75 Å².